The normalized spacial score (nSPS) is 17.2. The molecule has 0 amide bonds. The summed E-state index contributed by atoms with van der Waals surface area (Å²) in [4.78, 5) is 20.7. The van der Waals surface area contributed by atoms with E-state index >= 15 is 4.39 Å². The molecular formula is C33H31FN2O4. The molecule has 0 fully saturated rings. The predicted molar refractivity (Wildman–Crippen MR) is 150 cm³/mol. The number of carbonyl (C=O) groups excluding carboxylic acids is 1. The zero-order chi connectivity index (χ0) is 28.0. The van der Waals surface area contributed by atoms with Crippen molar-refractivity contribution in [1.82, 2.24) is 9.97 Å². The lowest BCUT2D eigenvalue weighted by Gasteiger charge is -2.19. The van der Waals surface area contributed by atoms with Crippen LogP contribution in [0.5, 0.6) is 11.5 Å². The van der Waals surface area contributed by atoms with E-state index in [1.807, 2.05) is 43.6 Å². The van der Waals surface area contributed by atoms with E-state index < -0.39 is 6.10 Å². The molecule has 2 heterocycles. The van der Waals surface area contributed by atoms with Gasteiger partial charge in [-0.25, -0.2) is 14.4 Å². The fourth-order valence-electron chi connectivity index (χ4n) is 6.03. The van der Waals surface area contributed by atoms with Crippen LogP contribution in [-0.4, -0.2) is 29.7 Å². The smallest absolute Gasteiger partial charge is 0.306 e. The maximum atomic E-state index is 15.3. The van der Waals surface area contributed by atoms with Gasteiger partial charge in [-0.3, -0.25) is 4.79 Å². The minimum Gasteiger partial charge on any atom is -0.492 e. The number of hydrogen-bond acceptors (Lipinski definition) is 6. The van der Waals surface area contributed by atoms with E-state index in [9.17, 15) is 4.79 Å². The van der Waals surface area contributed by atoms with Gasteiger partial charge >= 0.3 is 5.97 Å². The van der Waals surface area contributed by atoms with E-state index in [0.29, 0.717) is 35.9 Å². The number of rotatable bonds is 6. The first-order valence-electron chi connectivity index (χ1n) is 13.5. The number of methoxy groups -OCH3 is 1. The highest BCUT2D eigenvalue weighted by Crippen LogP contribution is 2.45. The van der Waals surface area contributed by atoms with E-state index in [0.717, 1.165) is 50.9 Å². The third-order valence-corrected chi connectivity index (χ3v) is 7.91. The maximum absolute atomic E-state index is 15.3. The lowest BCUT2D eigenvalue weighted by atomic mass is 9.89. The van der Waals surface area contributed by atoms with E-state index in [4.69, 9.17) is 14.2 Å². The Bertz CT molecular complexity index is 1590. The molecule has 0 N–H and O–H groups in total. The van der Waals surface area contributed by atoms with E-state index in [1.54, 1.807) is 6.07 Å². The van der Waals surface area contributed by atoms with Gasteiger partial charge in [-0.1, -0.05) is 12.1 Å². The second-order valence-electron chi connectivity index (χ2n) is 10.7. The third-order valence-electron chi connectivity index (χ3n) is 7.91. The van der Waals surface area contributed by atoms with E-state index in [1.165, 1.54) is 7.11 Å². The highest BCUT2D eigenvalue weighted by atomic mass is 19.1. The van der Waals surface area contributed by atoms with Gasteiger partial charge in [0, 0.05) is 41.1 Å². The number of halogens is 1. The quantitative estimate of drug-likeness (QED) is 0.247. The fraction of sp³-hybridized carbons (Fsp3) is 0.303. The molecule has 1 aliphatic carbocycles. The third kappa shape index (κ3) is 4.70. The van der Waals surface area contributed by atoms with Crippen LogP contribution in [0.1, 0.15) is 58.2 Å². The highest BCUT2D eigenvalue weighted by Gasteiger charge is 2.32. The van der Waals surface area contributed by atoms with Gasteiger partial charge < -0.3 is 14.2 Å². The topological polar surface area (TPSA) is 70.5 Å². The average Bonchev–Trinajstić information content (AvgIpc) is 3.54. The molecule has 4 aromatic rings. The van der Waals surface area contributed by atoms with E-state index in [-0.39, 0.29) is 24.1 Å². The first kappa shape index (κ1) is 26.0. The Morgan fingerprint density at radius 1 is 1.05 bits per heavy atom. The highest BCUT2D eigenvalue weighted by molar-refractivity contribution is 5.78. The maximum Gasteiger partial charge on any atom is 0.306 e. The lowest BCUT2D eigenvalue weighted by molar-refractivity contribution is -0.141. The van der Waals surface area contributed by atoms with Crippen molar-refractivity contribution in [2.24, 2.45) is 0 Å². The molecule has 3 aromatic carbocycles. The van der Waals surface area contributed by atoms with Gasteiger partial charge in [0.25, 0.3) is 0 Å². The van der Waals surface area contributed by atoms with Gasteiger partial charge in [-0.2, -0.15) is 0 Å². The van der Waals surface area contributed by atoms with Crippen molar-refractivity contribution in [3.05, 3.63) is 94.1 Å². The summed E-state index contributed by atoms with van der Waals surface area (Å²) < 4.78 is 32.3. The fourth-order valence-corrected chi connectivity index (χ4v) is 6.03. The van der Waals surface area contributed by atoms with Crippen LogP contribution in [0.15, 0.2) is 54.9 Å². The molecule has 204 valence electrons. The predicted octanol–water partition coefficient (Wildman–Crippen LogP) is 6.98. The molecule has 0 radical (unpaired) electrons. The van der Waals surface area contributed by atoms with Gasteiger partial charge in [0.1, 0.15) is 23.4 Å². The molecule has 6 rings (SSSR count). The minimum atomic E-state index is -0.402. The van der Waals surface area contributed by atoms with Gasteiger partial charge in [0.2, 0.25) is 0 Å². The molecule has 7 heteroatoms. The summed E-state index contributed by atoms with van der Waals surface area (Å²) in [5.41, 5.74) is 8.88. The van der Waals surface area contributed by atoms with Crippen molar-refractivity contribution in [2.45, 2.75) is 52.1 Å². The Morgan fingerprint density at radius 2 is 1.80 bits per heavy atom. The summed E-state index contributed by atoms with van der Waals surface area (Å²) in [6.07, 6.45) is 4.91. The van der Waals surface area contributed by atoms with Crippen molar-refractivity contribution < 1.29 is 23.4 Å². The van der Waals surface area contributed by atoms with Crippen LogP contribution in [0.3, 0.4) is 0 Å². The lowest BCUT2D eigenvalue weighted by Crippen LogP contribution is -2.09. The Morgan fingerprint density at radius 3 is 2.52 bits per heavy atom. The first-order valence-corrected chi connectivity index (χ1v) is 13.5. The van der Waals surface area contributed by atoms with Gasteiger partial charge in [0.15, 0.2) is 5.82 Å². The largest absolute Gasteiger partial charge is 0.492 e. The van der Waals surface area contributed by atoms with Crippen LogP contribution in [0.4, 0.5) is 4.39 Å². The number of aryl methyl sites for hydroxylation is 3. The molecule has 2 aliphatic rings. The zero-order valence-electron chi connectivity index (χ0n) is 23.1. The number of carbonyl (C=O) groups is 1. The molecule has 1 aromatic heterocycles. The molecule has 6 nitrogen and oxygen atoms in total. The van der Waals surface area contributed by atoms with Crippen LogP contribution >= 0.6 is 0 Å². The van der Waals surface area contributed by atoms with Gasteiger partial charge in [-0.15, -0.1) is 0 Å². The number of fused-ring (bicyclic) bond motifs is 2. The number of hydrogen-bond donors (Lipinski definition) is 0. The zero-order valence-corrected chi connectivity index (χ0v) is 23.1. The van der Waals surface area contributed by atoms with Crippen LogP contribution in [0.2, 0.25) is 0 Å². The number of aromatic nitrogens is 2. The Labute approximate surface area is 233 Å². The standard InChI is InChI=1S/C33H31FN2O4/c1-18-15-35-33(36-16-18)21-11-19(2)31(20(3)12-21)25-7-9-27(34)32-26(25)8-10-28(32)40-23-5-6-24-22(13-30(37)38-4)17-39-29(24)14-23/h5-7,9,11-12,14-16,22,28H,8,10,13,17H2,1-4H3/t22-,28-/m1/s1. The average molecular weight is 539 g/mol. The van der Waals surface area contributed by atoms with Gasteiger partial charge in [0.05, 0.1) is 20.1 Å². The van der Waals surface area contributed by atoms with Crippen molar-refractivity contribution in [3.63, 3.8) is 0 Å². The second-order valence-corrected chi connectivity index (χ2v) is 10.7. The van der Waals surface area contributed by atoms with Crippen molar-refractivity contribution in [2.75, 3.05) is 13.7 Å². The molecule has 40 heavy (non-hydrogen) atoms. The Balaban J connectivity index is 1.29. The summed E-state index contributed by atoms with van der Waals surface area (Å²) >= 11 is 0. The summed E-state index contributed by atoms with van der Waals surface area (Å²) in [6.45, 7) is 6.55. The minimum absolute atomic E-state index is 0.0425. The molecule has 1 aliphatic heterocycles. The summed E-state index contributed by atoms with van der Waals surface area (Å²) in [5, 5.41) is 0. The van der Waals surface area contributed by atoms with Gasteiger partial charge in [-0.05, 0) is 91.3 Å². The van der Waals surface area contributed by atoms with Crippen molar-refractivity contribution in [1.29, 1.82) is 0 Å². The number of ether oxygens (including phenoxy) is 3. The second kappa shape index (κ2) is 10.4. The van der Waals surface area contributed by atoms with Crippen LogP contribution < -0.4 is 9.47 Å². The summed E-state index contributed by atoms with van der Waals surface area (Å²) in [7, 11) is 1.39. The molecule has 0 bridgehead atoms. The van der Waals surface area contributed by atoms with Crippen LogP contribution in [0.25, 0.3) is 22.5 Å². The number of benzene rings is 3. The number of nitrogens with zero attached hydrogens (tertiary/aromatic N) is 2. The molecular weight excluding hydrogens is 507 g/mol. The van der Waals surface area contributed by atoms with E-state index in [2.05, 4.69) is 35.9 Å². The van der Waals surface area contributed by atoms with Crippen LogP contribution in [-0.2, 0) is 16.0 Å². The molecule has 0 saturated carbocycles. The Kier molecular flexibility index (Phi) is 6.74. The summed E-state index contributed by atoms with van der Waals surface area (Å²) in [5.74, 6) is 1.45. The number of esters is 1. The van der Waals surface area contributed by atoms with Crippen molar-refractivity contribution in [3.8, 4) is 34.0 Å². The molecule has 0 spiro atoms. The van der Waals surface area contributed by atoms with Crippen LogP contribution in [0, 0.1) is 26.6 Å². The summed E-state index contributed by atoms with van der Waals surface area (Å²) in [6, 6.07) is 13.3. The first-order chi connectivity index (χ1) is 19.3. The molecule has 2 atom stereocenters. The van der Waals surface area contributed by atoms with Crippen molar-refractivity contribution >= 4 is 5.97 Å². The Hall–Kier alpha value is -4.26. The molecule has 0 saturated heterocycles. The SMILES string of the molecule is COC(=O)C[C@@H]1COc2cc(O[C@@H]3CCc4c(-c5c(C)cc(-c6ncc(C)cn6)cc5C)ccc(F)c43)ccc21. The monoisotopic (exact) mass is 538 g/mol. The molecule has 0 unspecified atom stereocenters.